The Hall–Kier alpha value is -3.39. The molecule has 1 fully saturated rings. The highest BCUT2D eigenvalue weighted by Gasteiger charge is 2.48. The zero-order valence-electron chi connectivity index (χ0n) is 18.5. The minimum absolute atomic E-state index is 0.0232. The lowest BCUT2D eigenvalue weighted by Crippen LogP contribution is -2.49. The number of nitrogens with zero attached hydrogens (tertiary/aromatic N) is 2. The van der Waals surface area contributed by atoms with Crippen LogP contribution < -0.4 is 15.0 Å². The number of para-hydroxylation sites is 2. The Morgan fingerprint density at radius 3 is 2.66 bits per heavy atom. The van der Waals surface area contributed by atoms with Gasteiger partial charge in [-0.1, -0.05) is 18.2 Å². The van der Waals surface area contributed by atoms with Crippen LogP contribution in [0.5, 0.6) is 5.75 Å². The normalized spacial score (nSPS) is 16.7. The van der Waals surface area contributed by atoms with Crippen LogP contribution >= 0.6 is 12.2 Å². The Morgan fingerprint density at radius 2 is 1.94 bits per heavy atom. The highest BCUT2D eigenvalue weighted by atomic mass is 32.1. The van der Waals surface area contributed by atoms with Gasteiger partial charge in [0.2, 0.25) is 5.91 Å². The number of anilines is 2. The molecule has 0 bridgehead atoms. The number of carbonyl (C=O) groups excluding carboxylic acids is 2. The lowest BCUT2D eigenvalue weighted by molar-refractivity contribution is -0.125. The number of methoxy groups -OCH3 is 1. The fraction of sp³-hybridized carbons (Fsp3) is 0.292. The lowest BCUT2D eigenvalue weighted by atomic mass is 10.0. The molecular formula is C24H26N4O3S. The number of carbonyl (C=O) groups is 2. The van der Waals surface area contributed by atoms with Crippen molar-refractivity contribution in [2.75, 3.05) is 17.3 Å². The van der Waals surface area contributed by atoms with Gasteiger partial charge in [-0.15, -0.1) is 0 Å². The number of aromatic nitrogens is 1. The Bertz CT molecular complexity index is 1200. The van der Waals surface area contributed by atoms with E-state index in [4.69, 9.17) is 17.0 Å². The van der Waals surface area contributed by atoms with Crippen LogP contribution in [0.15, 0.2) is 54.7 Å². The van der Waals surface area contributed by atoms with Gasteiger partial charge in [0, 0.05) is 22.9 Å². The standard InChI is InChI=1S/C24H26N4O3S/c1-24(2,3)28-19(14-21(29)26-16-10-9-15-11-12-25-17(15)13-16)22(30)27(23(28)32)18-7-5-6-8-20(18)31-4/h5-13,19,25H,14H2,1-4H3,(H,26,29). The molecule has 2 amide bonds. The molecule has 0 radical (unpaired) electrons. The van der Waals surface area contributed by atoms with Gasteiger partial charge in [0.05, 0.1) is 19.2 Å². The van der Waals surface area contributed by atoms with Crippen molar-refractivity contribution in [3.05, 3.63) is 54.7 Å². The molecule has 8 heteroatoms. The van der Waals surface area contributed by atoms with E-state index in [-0.39, 0.29) is 18.2 Å². The zero-order chi connectivity index (χ0) is 23.0. The average molecular weight is 451 g/mol. The minimum atomic E-state index is -0.721. The summed E-state index contributed by atoms with van der Waals surface area (Å²) in [4.78, 5) is 32.9. The van der Waals surface area contributed by atoms with Crippen molar-refractivity contribution in [2.45, 2.75) is 38.8 Å². The van der Waals surface area contributed by atoms with E-state index >= 15 is 0 Å². The summed E-state index contributed by atoms with van der Waals surface area (Å²) in [6.07, 6.45) is 1.83. The summed E-state index contributed by atoms with van der Waals surface area (Å²) in [5.74, 6) is 0.0407. The maximum absolute atomic E-state index is 13.5. The average Bonchev–Trinajstić information content (AvgIpc) is 3.29. The van der Waals surface area contributed by atoms with Gasteiger partial charge >= 0.3 is 0 Å². The number of aromatic amines is 1. The Kier molecular flexibility index (Phi) is 5.64. The molecule has 0 aliphatic carbocycles. The van der Waals surface area contributed by atoms with Crippen LogP contribution in [0.25, 0.3) is 10.9 Å². The van der Waals surface area contributed by atoms with Crippen molar-refractivity contribution in [3.8, 4) is 5.75 Å². The van der Waals surface area contributed by atoms with Gasteiger partial charge in [-0.05, 0) is 68.7 Å². The summed E-state index contributed by atoms with van der Waals surface area (Å²) in [5, 5.41) is 4.33. The largest absolute Gasteiger partial charge is 0.495 e. The molecule has 0 spiro atoms. The van der Waals surface area contributed by atoms with E-state index in [1.165, 1.54) is 4.90 Å². The topological polar surface area (TPSA) is 77.7 Å². The highest BCUT2D eigenvalue weighted by Crippen LogP contribution is 2.37. The maximum Gasteiger partial charge on any atom is 0.256 e. The van der Waals surface area contributed by atoms with Crippen molar-refractivity contribution in [1.29, 1.82) is 0 Å². The first-order valence-electron chi connectivity index (χ1n) is 10.4. The van der Waals surface area contributed by atoms with E-state index in [0.29, 0.717) is 22.2 Å². The molecule has 1 aromatic heterocycles. The van der Waals surface area contributed by atoms with E-state index in [9.17, 15) is 9.59 Å². The number of ether oxygens (including phenoxy) is 1. The second-order valence-electron chi connectivity index (χ2n) is 8.72. The van der Waals surface area contributed by atoms with E-state index in [0.717, 1.165) is 10.9 Å². The summed E-state index contributed by atoms with van der Waals surface area (Å²) in [7, 11) is 1.55. The molecule has 3 aromatic rings. The molecule has 1 aliphatic heterocycles. The number of H-pyrrole nitrogens is 1. The Labute approximate surface area is 192 Å². The van der Waals surface area contributed by atoms with E-state index in [1.54, 1.807) is 19.2 Å². The molecule has 1 saturated heterocycles. The molecular weight excluding hydrogens is 424 g/mol. The number of rotatable bonds is 5. The second-order valence-corrected chi connectivity index (χ2v) is 9.08. The minimum Gasteiger partial charge on any atom is -0.495 e. The van der Waals surface area contributed by atoms with Crippen molar-refractivity contribution in [2.24, 2.45) is 0 Å². The molecule has 32 heavy (non-hydrogen) atoms. The van der Waals surface area contributed by atoms with Crippen LogP contribution in [0, 0.1) is 0 Å². The van der Waals surface area contributed by atoms with Gasteiger partial charge in [0.1, 0.15) is 11.8 Å². The molecule has 2 heterocycles. The third kappa shape index (κ3) is 3.93. The summed E-state index contributed by atoms with van der Waals surface area (Å²) >= 11 is 5.72. The van der Waals surface area contributed by atoms with Crippen molar-refractivity contribution in [1.82, 2.24) is 9.88 Å². The second kappa shape index (κ2) is 8.27. The number of hydrogen-bond donors (Lipinski definition) is 2. The third-order valence-corrected chi connectivity index (χ3v) is 5.86. The van der Waals surface area contributed by atoms with E-state index < -0.39 is 11.6 Å². The number of amides is 2. The number of benzene rings is 2. The SMILES string of the molecule is COc1ccccc1N1C(=O)C(CC(=O)Nc2ccc3cc[nH]c3c2)N(C(C)(C)C)C1=S. The molecule has 1 unspecified atom stereocenters. The van der Waals surface area contributed by atoms with E-state index in [2.05, 4.69) is 10.3 Å². The highest BCUT2D eigenvalue weighted by molar-refractivity contribution is 7.80. The van der Waals surface area contributed by atoms with Crippen LogP contribution in [0.2, 0.25) is 0 Å². The van der Waals surface area contributed by atoms with Crippen LogP contribution in [-0.2, 0) is 9.59 Å². The van der Waals surface area contributed by atoms with Gasteiger partial charge in [0.15, 0.2) is 5.11 Å². The molecule has 1 atom stereocenters. The zero-order valence-corrected chi connectivity index (χ0v) is 19.3. The Balaban J connectivity index is 1.61. The molecule has 4 rings (SSSR count). The van der Waals surface area contributed by atoms with Crippen LogP contribution in [0.4, 0.5) is 11.4 Å². The van der Waals surface area contributed by atoms with Crippen LogP contribution in [0.1, 0.15) is 27.2 Å². The van der Waals surface area contributed by atoms with Gasteiger partial charge in [-0.2, -0.15) is 0 Å². The Morgan fingerprint density at radius 1 is 1.19 bits per heavy atom. The summed E-state index contributed by atoms with van der Waals surface area (Å²) in [6, 6.07) is 14.1. The first-order chi connectivity index (χ1) is 15.2. The predicted molar refractivity (Wildman–Crippen MR) is 130 cm³/mol. The van der Waals surface area contributed by atoms with Crippen LogP contribution in [-0.4, -0.2) is 45.5 Å². The summed E-state index contributed by atoms with van der Waals surface area (Å²) in [6.45, 7) is 5.92. The van der Waals surface area contributed by atoms with Gasteiger partial charge in [-0.3, -0.25) is 14.5 Å². The van der Waals surface area contributed by atoms with Crippen molar-refractivity contribution >= 4 is 51.4 Å². The fourth-order valence-corrected chi connectivity index (χ4v) is 4.67. The van der Waals surface area contributed by atoms with Crippen LogP contribution in [0.3, 0.4) is 0 Å². The molecule has 1 aliphatic rings. The maximum atomic E-state index is 13.5. The lowest BCUT2D eigenvalue weighted by Gasteiger charge is -2.36. The smallest absolute Gasteiger partial charge is 0.256 e. The van der Waals surface area contributed by atoms with Gasteiger partial charge < -0.3 is 19.9 Å². The predicted octanol–water partition coefficient (Wildman–Crippen LogP) is 4.31. The quantitative estimate of drug-likeness (QED) is 0.567. The number of thiocarbonyl (C=S) groups is 1. The molecule has 2 aromatic carbocycles. The molecule has 7 nitrogen and oxygen atoms in total. The van der Waals surface area contributed by atoms with E-state index in [1.807, 2.05) is 68.3 Å². The number of hydrogen-bond acceptors (Lipinski definition) is 4. The number of nitrogens with one attached hydrogen (secondary N) is 2. The number of fused-ring (bicyclic) bond motifs is 1. The van der Waals surface area contributed by atoms with Crippen molar-refractivity contribution < 1.29 is 14.3 Å². The molecule has 2 N–H and O–H groups in total. The van der Waals surface area contributed by atoms with Crippen molar-refractivity contribution in [3.63, 3.8) is 0 Å². The first kappa shape index (κ1) is 21.8. The fourth-order valence-electron chi connectivity index (χ4n) is 4.08. The third-order valence-electron chi connectivity index (χ3n) is 5.48. The molecule has 166 valence electrons. The monoisotopic (exact) mass is 450 g/mol. The summed E-state index contributed by atoms with van der Waals surface area (Å²) < 4.78 is 5.44. The van der Waals surface area contributed by atoms with Gasteiger partial charge in [0.25, 0.3) is 5.91 Å². The first-order valence-corrected chi connectivity index (χ1v) is 10.8. The summed E-state index contributed by atoms with van der Waals surface area (Å²) in [5.41, 5.74) is 1.71. The van der Waals surface area contributed by atoms with Gasteiger partial charge in [-0.25, -0.2) is 0 Å². The molecule has 0 saturated carbocycles.